The zero-order valence-corrected chi connectivity index (χ0v) is 17.5. The van der Waals surface area contributed by atoms with Gasteiger partial charge in [0.1, 0.15) is 12.6 Å². The Labute approximate surface area is 178 Å². The Balaban J connectivity index is 1.43. The molecular weight excluding hydrogens is 400 g/mol. The molecule has 0 spiro atoms. The SMILES string of the molecule is Cc1nc(CC(NC(=O)OCC2c3ccccc3-c3ccccc32)C(=O)O)sc1C. The Bertz CT molecular complexity index is 1040. The van der Waals surface area contributed by atoms with Crippen molar-refractivity contribution in [2.45, 2.75) is 32.2 Å². The molecule has 0 aliphatic heterocycles. The van der Waals surface area contributed by atoms with E-state index in [4.69, 9.17) is 4.74 Å². The highest BCUT2D eigenvalue weighted by Crippen LogP contribution is 2.44. The first-order valence-corrected chi connectivity index (χ1v) is 10.5. The number of thiazole rings is 1. The molecule has 1 unspecified atom stereocenters. The molecule has 4 rings (SSSR count). The van der Waals surface area contributed by atoms with Gasteiger partial charge in [0, 0.05) is 17.2 Å². The Morgan fingerprint density at radius 2 is 1.70 bits per heavy atom. The number of aryl methyl sites for hydroxylation is 2. The van der Waals surface area contributed by atoms with Gasteiger partial charge in [-0.05, 0) is 36.1 Å². The smallest absolute Gasteiger partial charge is 0.407 e. The van der Waals surface area contributed by atoms with E-state index in [9.17, 15) is 14.7 Å². The molecule has 0 radical (unpaired) electrons. The maximum absolute atomic E-state index is 12.4. The molecule has 154 valence electrons. The Morgan fingerprint density at radius 3 is 2.23 bits per heavy atom. The third kappa shape index (κ3) is 3.93. The van der Waals surface area contributed by atoms with E-state index in [0.29, 0.717) is 5.01 Å². The summed E-state index contributed by atoms with van der Waals surface area (Å²) < 4.78 is 5.46. The highest BCUT2D eigenvalue weighted by Gasteiger charge is 2.30. The lowest BCUT2D eigenvalue weighted by Crippen LogP contribution is -2.42. The van der Waals surface area contributed by atoms with Gasteiger partial charge in [-0.2, -0.15) is 0 Å². The quantitative estimate of drug-likeness (QED) is 0.619. The molecule has 2 N–H and O–H groups in total. The summed E-state index contributed by atoms with van der Waals surface area (Å²) >= 11 is 1.44. The first-order chi connectivity index (χ1) is 14.4. The molecule has 30 heavy (non-hydrogen) atoms. The second kappa shape index (κ2) is 8.28. The average molecular weight is 423 g/mol. The molecule has 0 fully saturated rings. The second-order valence-electron chi connectivity index (χ2n) is 7.31. The molecular formula is C23H22N2O4S. The normalized spacial score (nSPS) is 13.4. The fourth-order valence-electron chi connectivity index (χ4n) is 3.78. The zero-order chi connectivity index (χ0) is 21.3. The summed E-state index contributed by atoms with van der Waals surface area (Å²) in [4.78, 5) is 29.4. The van der Waals surface area contributed by atoms with Crippen molar-refractivity contribution in [1.29, 1.82) is 0 Å². The van der Waals surface area contributed by atoms with E-state index in [1.807, 2.05) is 50.2 Å². The topological polar surface area (TPSA) is 88.5 Å². The van der Waals surface area contributed by atoms with Crippen molar-refractivity contribution in [1.82, 2.24) is 10.3 Å². The van der Waals surface area contributed by atoms with Crippen LogP contribution in [-0.4, -0.2) is 34.8 Å². The van der Waals surface area contributed by atoms with E-state index in [2.05, 4.69) is 22.4 Å². The van der Waals surface area contributed by atoms with Gasteiger partial charge >= 0.3 is 12.1 Å². The van der Waals surface area contributed by atoms with Crippen LogP contribution in [0.25, 0.3) is 11.1 Å². The number of carbonyl (C=O) groups excluding carboxylic acids is 1. The minimum Gasteiger partial charge on any atom is -0.480 e. The van der Waals surface area contributed by atoms with Crippen LogP contribution in [-0.2, 0) is 16.0 Å². The van der Waals surface area contributed by atoms with Gasteiger partial charge in [-0.15, -0.1) is 11.3 Å². The van der Waals surface area contributed by atoms with Gasteiger partial charge in [0.2, 0.25) is 0 Å². The lowest BCUT2D eigenvalue weighted by molar-refractivity contribution is -0.139. The molecule has 1 aliphatic carbocycles. The van der Waals surface area contributed by atoms with Gasteiger partial charge in [-0.3, -0.25) is 0 Å². The molecule has 6 nitrogen and oxygen atoms in total. The molecule has 3 aromatic rings. The maximum atomic E-state index is 12.4. The fourth-order valence-corrected chi connectivity index (χ4v) is 4.76. The third-order valence-electron chi connectivity index (χ3n) is 5.39. The number of fused-ring (bicyclic) bond motifs is 3. The lowest BCUT2D eigenvalue weighted by Gasteiger charge is -2.17. The number of carbonyl (C=O) groups is 2. The molecule has 7 heteroatoms. The van der Waals surface area contributed by atoms with E-state index in [1.165, 1.54) is 11.3 Å². The Kier molecular flexibility index (Phi) is 5.55. The number of carboxylic acids is 1. The van der Waals surface area contributed by atoms with Gasteiger partial charge in [-0.1, -0.05) is 48.5 Å². The van der Waals surface area contributed by atoms with Crippen LogP contribution in [0.4, 0.5) is 4.79 Å². The van der Waals surface area contributed by atoms with E-state index >= 15 is 0 Å². The maximum Gasteiger partial charge on any atom is 0.407 e. The molecule has 0 saturated carbocycles. The number of aliphatic carboxylic acids is 1. The Hall–Kier alpha value is -3.19. The summed E-state index contributed by atoms with van der Waals surface area (Å²) in [7, 11) is 0. The van der Waals surface area contributed by atoms with Crippen LogP contribution >= 0.6 is 11.3 Å². The summed E-state index contributed by atoms with van der Waals surface area (Å²) in [6.07, 6.45) is -0.618. The van der Waals surface area contributed by atoms with Crippen molar-refractivity contribution in [3.05, 3.63) is 75.2 Å². The number of aromatic nitrogens is 1. The fraction of sp³-hybridized carbons (Fsp3) is 0.261. The van der Waals surface area contributed by atoms with Gasteiger partial charge in [0.15, 0.2) is 0 Å². The van der Waals surface area contributed by atoms with E-state index in [1.54, 1.807) is 0 Å². The standard InChI is InChI=1S/C23H22N2O4S/c1-13-14(2)30-21(24-13)11-20(22(26)27)25-23(28)29-12-19-17-9-5-3-7-15(17)16-8-4-6-10-18(16)19/h3-10,19-20H,11-12H2,1-2H3,(H,25,28)(H,26,27). The van der Waals surface area contributed by atoms with Crippen molar-refractivity contribution >= 4 is 23.4 Å². The number of benzene rings is 2. The molecule has 1 amide bonds. The van der Waals surface area contributed by atoms with Crippen LogP contribution in [0.3, 0.4) is 0 Å². The summed E-state index contributed by atoms with van der Waals surface area (Å²) in [5.74, 6) is -1.19. The van der Waals surface area contributed by atoms with E-state index in [-0.39, 0.29) is 18.9 Å². The minimum absolute atomic E-state index is 0.0734. The first-order valence-electron chi connectivity index (χ1n) is 9.71. The zero-order valence-electron chi connectivity index (χ0n) is 16.7. The average Bonchev–Trinajstić information content (AvgIpc) is 3.22. The number of nitrogens with one attached hydrogen (secondary N) is 1. The first kappa shape index (κ1) is 20.1. The highest BCUT2D eigenvalue weighted by atomic mass is 32.1. The molecule has 0 saturated heterocycles. The largest absolute Gasteiger partial charge is 0.480 e. The van der Waals surface area contributed by atoms with E-state index < -0.39 is 18.1 Å². The molecule has 1 atom stereocenters. The number of hydrogen-bond donors (Lipinski definition) is 2. The summed E-state index contributed by atoms with van der Waals surface area (Å²) in [6.45, 7) is 3.96. The molecule has 2 aromatic carbocycles. The third-order valence-corrected chi connectivity index (χ3v) is 6.48. The lowest BCUT2D eigenvalue weighted by atomic mass is 9.98. The van der Waals surface area contributed by atoms with Crippen LogP contribution in [0.5, 0.6) is 0 Å². The predicted octanol–water partition coefficient (Wildman–Crippen LogP) is 4.29. The van der Waals surface area contributed by atoms with Crippen LogP contribution in [0.1, 0.15) is 32.6 Å². The molecule has 1 heterocycles. The summed E-state index contributed by atoms with van der Waals surface area (Å²) in [5.41, 5.74) is 5.37. The van der Waals surface area contributed by atoms with Crippen molar-refractivity contribution in [3.63, 3.8) is 0 Å². The Morgan fingerprint density at radius 1 is 1.10 bits per heavy atom. The second-order valence-corrected chi connectivity index (χ2v) is 8.60. The predicted molar refractivity (Wildman–Crippen MR) is 115 cm³/mol. The van der Waals surface area contributed by atoms with Crippen molar-refractivity contribution in [3.8, 4) is 11.1 Å². The van der Waals surface area contributed by atoms with Crippen molar-refractivity contribution < 1.29 is 19.4 Å². The van der Waals surface area contributed by atoms with Gasteiger partial charge in [0.25, 0.3) is 0 Å². The van der Waals surface area contributed by atoms with Crippen LogP contribution < -0.4 is 5.32 Å². The van der Waals surface area contributed by atoms with Gasteiger partial charge in [0.05, 0.1) is 10.7 Å². The van der Waals surface area contributed by atoms with E-state index in [0.717, 1.165) is 32.8 Å². The van der Waals surface area contributed by atoms with Crippen molar-refractivity contribution in [2.24, 2.45) is 0 Å². The monoisotopic (exact) mass is 422 g/mol. The summed E-state index contributed by atoms with van der Waals surface area (Å²) in [6, 6.07) is 15.0. The number of rotatable bonds is 6. The molecule has 1 aromatic heterocycles. The number of amides is 1. The number of nitrogens with zero attached hydrogens (tertiary/aromatic N) is 1. The molecule has 0 bridgehead atoms. The van der Waals surface area contributed by atoms with Crippen LogP contribution in [0, 0.1) is 13.8 Å². The van der Waals surface area contributed by atoms with Gasteiger partial charge in [-0.25, -0.2) is 14.6 Å². The van der Waals surface area contributed by atoms with Crippen LogP contribution in [0.2, 0.25) is 0 Å². The highest BCUT2D eigenvalue weighted by molar-refractivity contribution is 7.11. The summed E-state index contributed by atoms with van der Waals surface area (Å²) in [5, 5.41) is 12.7. The van der Waals surface area contributed by atoms with Crippen molar-refractivity contribution in [2.75, 3.05) is 6.61 Å². The number of hydrogen-bond acceptors (Lipinski definition) is 5. The number of carboxylic acid groups (broad SMARTS) is 1. The number of ether oxygens (including phenoxy) is 1. The number of alkyl carbamates (subject to hydrolysis) is 1. The van der Waals surface area contributed by atoms with Crippen LogP contribution in [0.15, 0.2) is 48.5 Å². The molecule has 1 aliphatic rings. The van der Waals surface area contributed by atoms with Gasteiger partial charge < -0.3 is 15.2 Å². The minimum atomic E-state index is -1.12.